The van der Waals surface area contributed by atoms with E-state index in [1.165, 1.54) is 0 Å². The van der Waals surface area contributed by atoms with Crippen LogP contribution in [0.25, 0.3) is 0 Å². The number of nitrogens with one attached hydrogen (secondary N) is 1. The molecule has 17 heavy (non-hydrogen) atoms. The second-order valence-corrected chi connectivity index (χ2v) is 4.67. The number of unbranched alkanes of at least 4 members (excludes halogenated alkanes) is 1. The Labute approximate surface area is 103 Å². The van der Waals surface area contributed by atoms with Crippen LogP contribution in [0.5, 0.6) is 0 Å². The predicted octanol–water partition coefficient (Wildman–Crippen LogP) is 1.50. The Balaban J connectivity index is 1.96. The number of ether oxygens (including phenoxy) is 1. The van der Waals surface area contributed by atoms with Gasteiger partial charge in [0, 0.05) is 0 Å². The van der Waals surface area contributed by atoms with Crippen LogP contribution >= 0.6 is 9.03 Å². The van der Waals surface area contributed by atoms with E-state index in [0.29, 0.717) is 6.61 Å². The second kappa shape index (κ2) is 8.64. The smallest absolute Gasteiger partial charge is 0.314 e. The van der Waals surface area contributed by atoms with Crippen molar-refractivity contribution in [2.24, 2.45) is 5.73 Å². The van der Waals surface area contributed by atoms with Crippen molar-refractivity contribution in [2.75, 3.05) is 13.2 Å². The molecule has 1 aliphatic heterocycles. The molecule has 0 aromatic heterocycles. The first-order chi connectivity index (χ1) is 8.22. The minimum Gasteiger partial charge on any atom is -0.353 e. The van der Waals surface area contributed by atoms with Gasteiger partial charge in [0.05, 0.1) is 19.3 Å². The molecule has 0 spiro atoms. The van der Waals surface area contributed by atoms with E-state index in [1.807, 2.05) is 0 Å². The summed E-state index contributed by atoms with van der Waals surface area (Å²) in [5.74, 6) is 0. The summed E-state index contributed by atoms with van der Waals surface area (Å²) in [5.41, 5.74) is 5.01. The minimum absolute atomic E-state index is 0.0223. The van der Waals surface area contributed by atoms with Crippen molar-refractivity contribution in [2.45, 2.75) is 44.9 Å². The van der Waals surface area contributed by atoms with E-state index in [1.54, 1.807) is 0 Å². The Morgan fingerprint density at radius 2 is 2.35 bits per heavy atom. The average Bonchev–Trinajstić information content (AvgIpc) is 2.70. The zero-order valence-electron chi connectivity index (χ0n) is 10.1. The van der Waals surface area contributed by atoms with E-state index >= 15 is 0 Å². The van der Waals surface area contributed by atoms with Crippen molar-refractivity contribution in [3.05, 3.63) is 0 Å². The number of amides is 2. The van der Waals surface area contributed by atoms with Crippen LogP contribution in [0.15, 0.2) is 0 Å². The molecular weight excluding hydrogens is 243 g/mol. The van der Waals surface area contributed by atoms with Gasteiger partial charge in [-0.05, 0) is 19.3 Å². The van der Waals surface area contributed by atoms with E-state index in [9.17, 15) is 4.79 Å². The number of hydrogen-bond donors (Lipinski definition) is 2. The summed E-state index contributed by atoms with van der Waals surface area (Å²) in [6.45, 7) is 3.36. The summed E-state index contributed by atoms with van der Waals surface area (Å²) in [6.07, 6.45) is 3.57. The Bertz CT molecular complexity index is 230. The quantitative estimate of drug-likeness (QED) is 0.514. The minimum atomic E-state index is -0.554. The molecule has 0 bridgehead atoms. The lowest BCUT2D eigenvalue weighted by atomic mass is 10.2. The molecule has 1 saturated heterocycles. The SMILES string of the molecule is CCCCOPOCC1CCC(NC(N)=O)O1. The van der Waals surface area contributed by atoms with Gasteiger partial charge in [0.25, 0.3) is 0 Å². The van der Waals surface area contributed by atoms with Gasteiger partial charge in [-0.1, -0.05) is 13.3 Å². The van der Waals surface area contributed by atoms with Gasteiger partial charge in [-0.15, -0.1) is 0 Å². The average molecular weight is 264 g/mol. The predicted molar refractivity (Wildman–Crippen MR) is 65.7 cm³/mol. The maximum atomic E-state index is 10.6. The molecule has 3 atom stereocenters. The van der Waals surface area contributed by atoms with Gasteiger partial charge >= 0.3 is 6.03 Å². The lowest BCUT2D eigenvalue weighted by molar-refractivity contribution is 0.00920. The highest BCUT2D eigenvalue weighted by molar-refractivity contribution is 7.26. The molecule has 1 rings (SSSR count). The molecule has 1 fully saturated rings. The Kier molecular flexibility index (Phi) is 7.44. The molecule has 0 aromatic carbocycles. The molecule has 1 heterocycles. The van der Waals surface area contributed by atoms with Crippen LogP contribution in [-0.2, 0) is 13.8 Å². The second-order valence-electron chi connectivity index (χ2n) is 3.93. The van der Waals surface area contributed by atoms with Crippen molar-refractivity contribution < 1.29 is 18.6 Å². The van der Waals surface area contributed by atoms with Crippen LogP contribution in [-0.4, -0.2) is 31.6 Å². The van der Waals surface area contributed by atoms with Crippen molar-refractivity contribution in [1.82, 2.24) is 5.32 Å². The maximum Gasteiger partial charge on any atom is 0.314 e. The summed E-state index contributed by atoms with van der Waals surface area (Å²) < 4.78 is 16.2. The third-order valence-electron chi connectivity index (χ3n) is 2.40. The lowest BCUT2D eigenvalue weighted by Crippen LogP contribution is -2.38. The highest BCUT2D eigenvalue weighted by atomic mass is 31.1. The van der Waals surface area contributed by atoms with Crippen LogP contribution in [0, 0.1) is 0 Å². The van der Waals surface area contributed by atoms with Crippen molar-refractivity contribution in [3.63, 3.8) is 0 Å². The molecule has 7 heteroatoms. The number of carbonyl (C=O) groups excluding carboxylic acids is 1. The van der Waals surface area contributed by atoms with Crippen LogP contribution < -0.4 is 11.1 Å². The van der Waals surface area contributed by atoms with Gasteiger partial charge < -0.3 is 24.8 Å². The van der Waals surface area contributed by atoms with Crippen molar-refractivity contribution >= 4 is 15.1 Å². The summed E-state index contributed by atoms with van der Waals surface area (Å²) in [7, 11) is 0.0648. The van der Waals surface area contributed by atoms with Crippen LogP contribution in [0.4, 0.5) is 4.79 Å². The van der Waals surface area contributed by atoms with Gasteiger partial charge in [-0.3, -0.25) is 0 Å². The maximum absolute atomic E-state index is 10.6. The van der Waals surface area contributed by atoms with Crippen molar-refractivity contribution in [3.8, 4) is 0 Å². The number of hydrogen-bond acceptors (Lipinski definition) is 4. The third kappa shape index (κ3) is 6.78. The molecule has 6 nitrogen and oxygen atoms in total. The van der Waals surface area contributed by atoms with E-state index in [4.69, 9.17) is 19.5 Å². The summed E-state index contributed by atoms with van der Waals surface area (Å²) in [5, 5.41) is 2.52. The number of nitrogens with two attached hydrogens (primary N) is 1. The van der Waals surface area contributed by atoms with Gasteiger partial charge in [0.15, 0.2) is 9.03 Å². The fourth-order valence-electron chi connectivity index (χ4n) is 1.52. The molecule has 0 saturated carbocycles. The standard InChI is InChI=1S/C10H21N2O4P/c1-2-3-6-14-17-15-7-8-4-5-9(16-8)12-10(11)13/h8-9,17H,2-7H2,1H3,(H3,11,12,13). The summed E-state index contributed by atoms with van der Waals surface area (Å²) >= 11 is 0. The normalized spacial score (nSPS) is 24.5. The molecule has 1 aliphatic rings. The van der Waals surface area contributed by atoms with E-state index in [2.05, 4.69) is 12.2 Å². The number of carbonyl (C=O) groups is 1. The van der Waals surface area contributed by atoms with E-state index < -0.39 is 6.03 Å². The fraction of sp³-hybridized carbons (Fsp3) is 0.900. The number of urea groups is 1. The van der Waals surface area contributed by atoms with E-state index in [-0.39, 0.29) is 21.4 Å². The highest BCUT2D eigenvalue weighted by Crippen LogP contribution is 2.22. The monoisotopic (exact) mass is 264 g/mol. The zero-order valence-corrected chi connectivity index (χ0v) is 11.1. The summed E-state index contributed by atoms with van der Waals surface area (Å²) in [4.78, 5) is 10.6. The molecule has 2 amide bonds. The number of primary amides is 1. The van der Waals surface area contributed by atoms with Gasteiger partial charge in [0.2, 0.25) is 0 Å². The largest absolute Gasteiger partial charge is 0.353 e. The summed E-state index contributed by atoms with van der Waals surface area (Å²) in [6, 6.07) is -0.554. The first-order valence-electron chi connectivity index (χ1n) is 5.92. The van der Waals surface area contributed by atoms with Gasteiger partial charge in [0.1, 0.15) is 6.23 Å². The molecule has 0 aromatic rings. The lowest BCUT2D eigenvalue weighted by Gasteiger charge is -2.13. The fourth-order valence-corrected chi connectivity index (χ4v) is 2.08. The first-order valence-corrected chi connectivity index (χ1v) is 6.74. The van der Waals surface area contributed by atoms with Crippen LogP contribution in [0.1, 0.15) is 32.6 Å². The molecule has 3 N–H and O–H groups in total. The molecular formula is C10H21N2O4P. The van der Waals surface area contributed by atoms with Gasteiger partial charge in [-0.25, -0.2) is 4.79 Å². The topological polar surface area (TPSA) is 82.8 Å². The Morgan fingerprint density at radius 1 is 1.53 bits per heavy atom. The Morgan fingerprint density at radius 3 is 3.06 bits per heavy atom. The van der Waals surface area contributed by atoms with E-state index in [0.717, 1.165) is 32.3 Å². The molecule has 0 radical (unpaired) electrons. The first kappa shape index (κ1) is 14.6. The molecule has 100 valence electrons. The van der Waals surface area contributed by atoms with Crippen molar-refractivity contribution in [1.29, 1.82) is 0 Å². The molecule has 0 aliphatic carbocycles. The van der Waals surface area contributed by atoms with Crippen LogP contribution in [0.2, 0.25) is 0 Å². The highest BCUT2D eigenvalue weighted by Gasteiger charge is 2.25. The van der Waals surface area contributed by atoms with Crippen LogP contribution in [0.3, 0.4) is 0 Å². The third-order valence-corrected chi connectivity index (χ3v) is 3.00. The van der Waals surface area contributed by atoms with Gasteiger partial charge in [-0.2, -0.15) is 0 Å². The number of rotatable bonds is 8. The molecule has 3 unspecified atom stereocenters. The Hall–Kier alpha value is -0.420. The zero-order chi connectivity index (χ0) is 12.5.